The van der Waals surface area contributed by atoms with Gasteiger partial charge < -0.3 is 29.7 Å². The molecular formula is C36H49N5O4. The summed E-state index contributed by atoms with van der Waals surface area (Å²) in [6, 6.07) is 10.3. The summed E-state index contributed by atoms with van der Waals surface area (Å²) in [5.74, 6) is 1.27. The van der Waals surface area contributed by atoms with E-state index in [4.69, 9.17) is 4.74 Å². The molecule has 0 unspecified atom stereocenters. The third-order valence-electron chi connectivity index (χ3n) is 10.1. The molecule has 242 valence electrons. The molecular weight excluding hydrogens is 566 g/mol. The SMILES string of the molecule is CCCCOC1=CC(=O)N([C@H]2CCN(C3=CC(=O)N([C@H]4CCN(C5=CC(=O)N[C@H]5Cc5ccccc5)C4)[C@H]3CC(C)C)C2)[C@H]1C. The predicted octanol–water partition coefficient (Wildman–Crippen LogP) is 3.83. The molecule has 1 N–H and O–H groups in total. The number of hydrogen-bond acceptors (Lipinski definition) is 6. The molecule has 0 aromatic heterocycles. The van der Waals surface area contributed by atoms with Gasteiger partial charge in [-0.1, -0.05) is 57.5 Å². The van der Waals surface area contributed by atoms with Crippen LogP contribution in [0.5, 0.6) is 0 Å². The van der Waals surface area contributed by atoms with Crippen molar-refractivity contribution in [2.45, 2.75) is 96.4 Å². The average molecular weight is 616 g/mol. The summed E-state index contributed by atoms with van der Waals surface area (Å²) in [6.07, 6.45) is 10.7. The van der Waals surface area contributed by atoms with Crippen molar-refractivity contribution in [1.82, 2.24) is 24.9 Å². The van der Waals surface area contributed by atoms with E-state index in [1.165, 1.54) is 5.56 Å². The minimum atomic E-state index is -0.0668. The first-order chi connectivity index (χ1) is 21.7. The Hall–Kier alpha value is -3.75. The van der Waals surface area contributed by atoms with Crippen LogP contribution in [0.1, 0.15) is 65.4 Å². The molecule has 9 nitrogen and oxygen atoms in total. The van der Waals surface area contributed by atoms with Crippen molar-refractivity contribution in [1.29, 1.82) is 0 Å². The van der Waals surface area contributed by atoms with Crippen LogP contribution in [0, 0.1) is 5.92 Å². The van der Waals surface area contributed by atoms with Crippen LogP contribution in [0.3, 0.4) is 0 Å². The lowest BCUT2D eigenvalue weighted by atomic mass is 9.99. The maximum absolute atomic E-state index is 13.7. The summed E-state index contributed by atoms with van der Waals surface area (Å²) in [7, 11) is 0. The number of carbonyl (C=O) groups excluding carboxylic acids is 3. The third kappa shape index (κ3) is 6.49. The van der Waals surface area contributed by atoms with Gasteiger partial charge in [0.15, 0.2) is 0 Å². The van der Waals surface area contributed by atoms with E-state index in [-0.39, 0.29) is 47.9 Å². The second-order valence-corrected chi connectivity index (χ2v) is 13.7. The zero-order chi connectivity index (χ0) is 31.7. The number of carbonyl (C=O) groups is 3. The van der Waals surface area contributed by atoms with Crippen molar-refractivity contribution in [3.8, 4) is 0 Å². The van der Waals surface area contributed by atoms with Gasteiger partial charge in [-0.25, -0.2) is 0 Å². The Morgan fingerprint density at radius 1 is 0.889 bits per heavy atom. The molecule has 1 aromatic carbocycles. The number of unbranched alkanes of at least 4 members (excludes halogenated alkanes) is 1. The fourth-order valence-corrected chi connectivity index (χ4v) is 7.89. The van der Waals surface area contributed by atoms with Crippen LogP contribution in [0.4, 0.5) is 0 Å². The second kappa shape index (κ2) is 13.3. The number of hydrogen-bond donors (Lipinski definition) is 1. The first kappa shape index (κ1) is 31.2. The Bertz CT molecular complexity index is 1370. The van der Waals surface area contributed by atoms with E-state index < -0.39 is 0 Å². The van der Waals surface area contributed by atoms with Crippen LogP contribution in [0.25, 0.3) is 0 Å². The molecule has 0 bridgehead atoms. The van der Waals surface area contributed by atoms with Crippen molar-refractivity contribution >= 4 is 17.7 Å². The molecule has 45 heavy (non-hydrogen) atoms. The van der Waals surface area contributed by atoms with E-state index in [1.54, 1.807) is 12.2 Å². The number of rotatable bonds is 12. The standard InChI is InChI=1S/C36H49N5O4/c1-5-6-16-45-33-21-36(44)40(25(33)4)27-12-15-39(22-27)31-20-35(43)41(32(31)17-24(2)3)28-13-14-38(23-28)30-19-34(42)37-29(30)18-26-10-8-7-9-11-26/h7-11,19-21,24-25,27-29,32H,5-6,12-18,22-23H2,1-4H3,(H,37,42)/t25-,27-,28-,29-,32-/m0/s1. The van der Waals surface area contributed by atoms with E-state index in [2.05, 4.69) is 59.8 Å². The van der Waals surface area contributed by atoms with Crippen molar-refractivity contribution in [2.24, 2.45) is 5.92 Å². The van der Waals surface area contributed by atoms with Crippen LogP contribution in [0.15, 0.2) is 65.7 Å². The van der Waals surface area contributed by atoms with Gasteiger partial charge in [-0.3, -0.25) is 14.4 Å². The van der Waals surface area contributed by atoms with Crippen molar-refractivity contribution in [3.63, 3.8) is 0 Å². The van der Waals surface area contributed by atoms with Crippen molar-refractivity contribution < 1.29 is 19.1 Å². The van der Waals surface area contributed by atoms with Crippen molar-refractivity contribution in [2.75, 3.05) is 32.8 Å². The highest BCUT2D eigenvalue weighted by atomic mass is 16.5. The third-order valence-corrected chi connectivity index (χ3v) is 10.1. The van der Waals surface area contributed by atoms with Crippen LogP contribution in [0.2, 0.25) is 0 Å². The lowest BCUT2D eigenvalue weighted by Gasteiger charge is -2.37. The molecule has 5 aliphatic rings. The Morgan fingerprint density at radius 2 is 1.56 bits per heavy atom. The van der Waals surface area contributed by atoms with Crippen LogP contribution >= 0.6 is 0 Å². The lowest BCUT2D eigenvalue weighted by Crippen LogP contribution is -2.48. The van der Waals surface area contributed by atoms with Gasteiger partial charge in [0.25, 0.3) is 5.91 Å². The van der Waals surface area contributed by atoms with Crippen molar-refractivity contribution in [3.05, 3.63) is 71.3 Å². The van der Waals surface area contributed by atoms with Crippen LogP contribution in [-0.4, -0.2) is 100 Å². The van der Waals surface area contributed by atoms with Gasteiger partial charge in [-0.15, -0.1) is 0 Å². The van der Waals surface area contributed by atoms with Gasteiger partial charge in [0, 0.05) is 55.8 Å². The number of likely N-dealkylation sites (tertiary alicyclic amines) is 2. The molecule has 9 heteroatoms. The monoisotopic (exact) mass is 615 g/mol. The van der Waals surface area contributed by atoms with Gasteiger partial charge in [-0.2, -0.15) is 0 Å². The maximum Gasteiger partial charge on any atom is 0.250 e. The van der Waals surface area contributed by atoms with Gasteiger partial charge in [0.05, 0.1) is 36.8 Å². The molecule has 0 spiro atoms. The number of nitrogens with one attached hydrogen (secondary N) is 1. The minimum Gasteiger partial charge on any atom is -0.496 e. The fraction of sp³-hybridized carbons (Fsp3) is 0.583. The number of amides is 3. The highest BCUT2D eigenvalue weighted by Crippen LogP contribution is 2.37. The topological polar surface area (TPSA) is 85.4 Å². The summed E-state index contributed by atoms with van der Waals surface area (Å²) in [5.41, 5.74) is 3.32. The summed E-state index contributed by atoms with van der Waals surface area (Å²) in [6.45, 7) is 12.4. The quantitative estimate of drug-likeness (QED) is 0.360. The van der Waals surface area contributed by atoms with E-state index in [0.717, 1.165) is 81.9 Å². The maximum atomic E-state index is 13.7. The summed E-state index contributed by atoms with van der Waals surface area (Å²) < 4.78 is 5.97. The molecule has 0 saturated carbocycles. The smallest absolute Gasteiger partial charge is 0.250 e. The molecule has 0 radical (unpaired) electrons. The lowest BCUT2D eigenvalue weighted by molar-refractivity contribution is -0.129. The Kier molecular flexibility index (Phi) is 9.24. The molecule has 5 heterocycles. The predicted molar refractivity (Wildman–Crippen MR) is 174 cm³/mol. The largest absolute Gasteiger partial charge is 0.496 e. The molecule has 6 rings (SSSR count). The zero-order valence-electron chi connectivity index (χ0n) is 27.3. The second-order valence-electron chi connectivity index (χ2n) is 13.7. The first-order valence-corrected chi connectivity index (χ1v) is 17.0. The fourth-order valence-electron chi connectivity index (χ4n) is 7.89. The Morgan fingerprint density at radius 3 is 2.24 bits per heavy atom. The highest BCUT2D eigenvalue weighted by molar-refractivity contribution is 5.93. The van der Waals surface area contributed by atoms with Crippen LogP contribution < -0.4 is 5.32 Å². The van der Waals surface area contributed by atoms with E-state index in [9.17, 15) is 14.4 Å². The molecule has 3 amide bonds. The van der Waals surface area contributed by atoms with Gasteiger partial charge in [0.1, 0.15) is 5.76 Å². The summed E-state index contributed by atoms with van der Waals surface area (Å²) in [4.78, 5) is 48.1. The molecule has 2 fully saturated rings. The zero-order valence-corrected chi connectivity index (χ0v) is 27.3. The molecule has 5 atom stereocenters. The Balaban J connectivity index is 1.12. The van der Waals surface area contributed by atoms with E-state index >= 15 is 0 Å². The minimum absolute atomic E-state index is 0.0106. The molecule has 2 saturated heterocycles. The first-order valence-electron chi connectivity index (χ1n) is 17.0. The average Bonchev–Trinajstić information content (AvgIpc) is 3.82. The number of nitrogens with zero attached hydrogens (tertiary/aromatic N) is 4. The molecule has 0 aliphatic carbocycles. The molecule has 5 aliphatic heterocycles. The normalized spacial score (nSPS) is 28.4. The summed E-state index contributed by atoms with van der Waals surface area (Å²) in [5, 5.41) is 3.14. The summed E-state index contributed by atoms with van der Waals surface area (Å²) >= 11 is 0. The highest BCUT2D eigenvalue weighted by Gasteiger charge is 2.46. The van der Waals surface area contributed by atoms with Gasteiger partial charge in [-0.05, 0) is 50.5 Å². The van der Waals surface area contributed by atoms with Crippen LogP contribution in [-0.2, 0) is 25.5 Å². The number of ether oxygens (including phenoxy) is 1. The van der Waals surface area contributed by atoms with Gasteiger partial charge in [0.2, 0.25) is 11.8 Å². The number of benzene rings is 1. The van der Waals surface area contributed by atoms with E-state index in [1.807, 2.05) is 29.2 Å². The van der Waals surface area contributed by atoms with E-state index in [0.29, 0.717) is 12.5 Å². The molecule has 1 aromatic rings. The van der Waals surface area contributed by atoms with Gasteiger partial charge >= 0.3 is 0 Å². The Labute approximate surface area is 267 Å².